The highest BCUT2D eigenvalue weighted by atomic mass is 19.1. The minimum atomic E-state index is -0.218. The van der Waals surface area contributed by atoms with Crippen LogP contribution in [0.3, 0.4) is 0 Å². The van der Waals surface area contributed by atoms with Crippen LogP contribution >= 0.6 is 0 Å². The minimum absolute atomic E-state index is 0.218. The van der Waals surface area contributed by atoms with Crippen molar-refractivity contribution in [1.82, 2.24) is 10.2 Å². The molecule has 0 spiro atoms. The zero-order valence-electron chi connectivity index (χ0n) is 11.9. The molecule has 110 valence electrons. The number of nitrogens with one attached hydrogen (secondary N) is 1. The summed E-state index contributed by atoms with van der Waals surface area (Å²) in [4.78, 5) is 2.55. The largest absolute Gasteiger partial charge is 0.492 e. The van der Waals surface area contributed by atoms with Crippen LogP contribution in [0.5, 0.6) is 5.75 Å². The van der Waals surface area contributed by atoms with Crippen molar-refractivity contribution in [2.24, 2.45) is 0 Å². The Labute approximate surface area is 120 Å². The maximum atomic E-state index is 12.8. The summed E-state index contributed by atoms with van der Waals surface area (Å²) in [6, 6.07) is 7.61. The molecule has 0 saturated carbocycles. The molecular formula is C16H23FN2O. The van der Waals surface area contributed by atoms with Gasteiger partial charge in [0.15, 0.2) is 0 Å². The monoisotopic (exact) mass is 278 g/mol. The lowest BCUT2D eigenvalue weighted by Gasteiger charge is -2.29. The van der Waals surface area contributed by atoms with Crippen LogP contribution in [0.4, 0.5) is 4.39 Å². The molecule has 0 bridgehead atoms. The van der Waals surface area contributed by atoms with Crippen molar-refractivity contribution in [3.05, 3.63) is 30.1 Å². The van der Waals surface area contributed by atoms with Gasteiger partial charge in [-0.15, -0.1) is 0 Å². The van der Waals surface area contributed by atoms with Gasteiger partial charge in [0, 0.05) is 18.6 Å². The van der Waals surface area contributed by atoms with E-state index < -0.39 is 0 Å². The Morgan fingerprint density at radius 2 is 2.05 bits per heavy atom. The van der Waals surface area contributed by atoms with Crippen molar-refractivity contribution in [3.8, 4) is 5.75 Å². The highest BCUT2D eigenvalue weighted by Gasteiger charge is 2.32. The summed E-state index contributed by atoms with van der Waals surface area (Å²) >= 11 is 0. The summed E-state index contributed by atoms with van der Waals surface area (Å²) < 4.78 is 18.5. The van der Waals surface area contributed by atoms with E-state index in [2.05, 4.69) is 10.2 Å². The van der Waals surface area contributed by atoms with Crippen LogP contribution in [0, 0.1) is 5.82 Å². The summed E-state index contributed by atoms with van der Waals surface area (Å²) in [5.41, 5.74) is 0. The van der Waals surface area contributed by atoms with Gasteiger partial charge in [-0.25, -0.2) is 4.39 Å². The summed E-state index contributed by atoms with van der Waals surface area (Å²) in [6.45, 7) is 3.98. The second-order valence-electron chi connectivity index (χ2n) is 5.75. The van der Waals surface area contributed by atoms with Gasteiger partial charge in [-0.3, -0.25) is 4.90 Å². The normalized spacial score (nSPS) is 27.1. The average Bonchev–Trinajstić information content (AvgIpc) is 3.11. The van der Waals surface area contributed by atoms with Crippen LogP contribution in [-0.2, 0) is 0 Å². The molecular weight excluding hydrogens is 255 g/mol. The molecule has 0 radical (unpaired) electrons. The molecule has 1 aromatic carbocycles. The van der Waals surface area contributed by atoms with E-state index in [0.717, 1.165) is 12.3 Å². The van der Waals surface area contributed by atoms with E-state index in [-0.39, 0.29) is 5.82 Å². The summed E-state index contributed by atoms with van der Waals surface area (Å²) in [6.07, 6.45) is 5.20. The third-order valence-corrected chi connectivity index (χ3v) is 4.44. The van der Waals surface area contributed by atoms with Crippen molar-refractivity contribution < 1.29 is 9.13 Å². The zero-order valence-corrected chi connectivity index (χ0v) is 11.9. The van der Waals surface area contributed by atoms with E-state index in [4.69, 9.17) is 4.74 Å². The predicted octanol–water partition coefficient (Wildman–Crippen LogP) is 2.42. The topological polar surface area (TPSA) is 24.5 Å². The number of hydrogen-bond donors (Lipinski definition) is 1. The summed E-state index contributed by atoms with van der Waals surface area (Å²) in [7, 11) is 0. The number of hydrogen-bond acceptors (Lipinski definition) is 3. The molecule has 2 heterocycles. The van der Waals surface area contributed by atoms with Gasteiger partial charge in [-0.05, 0) is 63.0 Å². The molecule has 1 aromatic rings. The molecule has 2 aliphatic heterocycles. The van der Waals surface area contributed by atoms with Crippen molar-refractivity contribution in [2.75, 3.05) is 26.2 Å². The van der Waals surface area contributed by atoms with Crippen LogP contribution in [0.15, 0.2) is 24.3 Å². The van der Waals surface area contributed by atoms with Crippen molar-refractivity contribution in [3.63, 3.8) is 0 Å². The van der Waals surface area contributed by atoms with Crippen LogP contribution in [0.1, 0.15) is 25.7 Å². The standard InChI is InChI=1S/C16H23FN2O/c17-13-5-7-14(8-6-13)20-12-11-19-10-2-4-16(19)15-3-1-9-18-15/h5-8,15-16,18H,1-4,9-12H2. The van der Waals surface area contributed by atoms with E-state index in [1.54, 1.807) is 12.1 Å². The fourth-order valence-electron chi connectivity index (χ4n) is 3.44. The first kappa shape index (κ1) is 13.8. The molecule has 2 fully saturated rings. The predicted molar refractivity (Wildman–Crippen MR) is 77.5 cm³/mol. The average molecular weight is 278 g/mol. The first-order chi connectivity index (χ1) is 9.83. The molecule has 1 N–H and O–H groups in total. The van der Waals surface area contributed by atoms with E-state index in [1.807, 2.05) is 0 Å². The fourth-order valence-corrected chi connectivity index (χ4v) is 3.44. The number of benzene rings is 1. The number of halogens is 1. The van der Waals surface area contributed by atoms with Gasteiger partial charge in [0.1, 0.15) is 18.2 Å². The Balaban J connectivity index is 1.46. The molecule has 2 unspecified atom stereocenters. The Morgan fingerprint density at radius 1 is 1.20 bits per heavy atom. The second-order valence-corrected chi connectivity index (χ2v) is 5.75. The van der Waals surface area contributed by atoms with E-state index in [1.165, 1.54) is 50.9 Å². The Hall–Kier alpha value is -1.13. The molecule has 0 aromatic heterocycles. The molecule has 3 rings (SSSR count). The van der Waals surface area contributed by atoms with Gasteiger partial charge in [0.25, 0.3) is 0 Å². The lowest BCUT2D eigenvalue weighted by Crippen LogP contribution is -2.45. The minimum Gasteiger partial charge on any atom is -0.492 e. The molecule has 2 aliphatic rings. The lowest BCUT2D eigenvalue weighted by atomic mass is 10.0. The van der Waals surface area contributed by atoms with Gasteiger partial charge in [-0.1, -0.05) is 0 Å². The maximum absolute atomic E-state index is 12.8. The molecule has 4 heteroatoms. The van der Waals surface area contributed by atoms with Gasteiger partial charge >= 0.3 is 0 Å². The molecule has 2 saturated heterocycles. The van der Waals surface area contributed by atoms with Crippen LogP contribution in [-0.4, -0.2) is 43.2 Å². The molecule has 0 amide bonds. The number of likely N-dealkylation sites (tertiary alicyclic amines) is 1. The molecule has 0 aliphatic carbocycles. The number of rotatable bonds is 5. The van der Waals surface area contributed by atoms with Gasteiger partial charge < -0.3 is 10.1 Å². The van der Waals surface area contributed by atoms with E-state index in [0.29, 0.717) is 18.7 Å². The summed E-state index contributed by atoms with van der Waals surface area (Å²) in [5, 5.41) is 3.62. The fraction of sp³-hybridized carbons (Fsp3) is 0.625. The Kier molecular flexibility index (Phi) is 4.53. The Morgan fingerprint density at radius 3 is 2.80 bits per heavy atom. The Bertz CT molecular complexity index is 417. The molecule has 20 heavy (non-hydrogen) atoms. The second kappa shape index (κ2) is 6.55. The van der Waals surface area contributed by atoms with E-state index >= 15 is 0 Å². The number of ether oxygens (including phenoxy) is 1. The van der Waals surface area contributed by atoms with Crippen LogP contribution in [0.25, 0.3) is 0 Å². The SMILES string of the molecule is Fc1ccc(OCCN2CCCC2C2CCCN2)cc1. The quantitative estimate of drug-likeness (QED) is 0.895. The third kappa shape index (κ3) is 3.30. The summed E-state index contributed by atoms with van der Waals surface area (Å²) in [5.74, 6) is 0.533. The van der Waals surface area contributed by atoms with E-state index in [9.17, 15) is 4.39 Å². The smallest absolute Gasteiger partial charge is 0.123 e. The van der Waals surface area contributed by atoms with Crippen molar-refractivity contribution in [2.45, 2.75) is 37.8 Å². The van der Waals surface area contributed by atoms with Gasteiger partial charge in [-0.2, -0.15) is 0 Å². The molecule has 2 atom stereocenters. The lowest BCUT2D eigenvalue weighted by molar-refractivity contribution is 0.174. The zero-order chi connectivity index (χ0) is 13.8. The highest BCUT2D eigenvalue weighted by Crippen LogP contribution is 2.24. The van der Waals surface area contributed by atoms with Crippen LogP contribution in [0.2, 0.25) is 0 Å². The first-order valence-electron chi connectivity index (χ1n) is 7.69. The first-order valence-corrected chi connectivity index (χ1v) is 7.69. The van der Waals surface area contributed by atoms with Crippen molar-refractivity contribution in [1.29, 1.82) is 0 Å². The van der Waals surface area contributed by atoms with Crippen LogP contribution < -0.4 is 10.1 Å². The number of nitrogens with zero attached hydrogens (tertiary/aromatic N) is 1. The molecule has 3 nitrogen and oxygen atoms in total. The highest BCUT2D eigenvalue weighted by molar-refractivity contribution is 5.21. The van der Waals surface area contributed by atoms with Gasteiger partial charge in [0.05, 0.1) is 0 Å². The van der Waals surface area contributed by atoms with Gasteiger partial charge in [0.2, 0.25) is 0 Å². The maximum Gasteiger partial charge on any atom is 0.123 e. The van der Waals surface area contributed by atoms with Crippen molar-refractivity contribution >= 4 is 0 Å². The third-order valence-electron chi connectivity index (χ3n) is 4.44.